The van der Waals surface area contributed by atoms with Gasteiger partial charge >= 0.3 is 5.69 Å². The standard InChI is InChI=1S/C16H18N4O5/c1-8-13(9(2)25-19-8)20-15(17-18-16(20)21)10-6-11(22-3)14(24-5)12(7-10)23-4/h6-7H,1-5H3,(H,18,21). The fourth-order valence-corrected chi connectivity index (χ4v) is 2.71. The molecule has 0 aliphatic carbocycles. The molecule has 0 spiro atoms. The SMILES string of the molecule is COc1cc(-c2n[nH]c(=O)n2-c2c(C)noc2C)cc(OC)c1OC. The molecule has 3 aromatic rings. The van der Waals surface area contributed by atoms with Crippen LogP contribution < -0.4 is 19.9 Å². The van der Waals surface area contributed by atoms with E-state index < -0.39 is 5.69 Å². The average Bonchev–Trinajstić information content (AvgIpc) is 3.15. The van der Waals surface area contributed by atoms with Gasteiger partial charge in [0.05, 0.1) is 21.3 Å². The van der Waals surface area contributed by atoms with E-state index in [2.05, 4.69) is 15.4 Å². The van der Waals surface area contributed by atoms with Crippen molar-refractivity contribution in [3.8, 4) is 34.3 Å². The number of methoxy groups -OCH3 is 3. The van der Waals surface area contributed by atoms with Crippen molar-refractivity contribution in [3.63, 3.8) is 0 Å². The highest BCUT2D eigenvalue weighted by atomic mass is 16.5. The summed E-state index contributed by atoms with van der Waals surface area (Å²) in [6.45, 7) is 3.48. The molecule has 9 nitrogen and oxygen atoms in total. The van der Waals surface area contributed by atoms with Gasteiger partial charge in [-0.2, -0.15) is 5.10 Å². The van der Waals surface area contributed by atoms with Gasteiger partial charge in [-0.1, -0.05) is 5.16 Å². The van der Waals surface area contributed by atoms with E-state index >= 15 is 0 Å². The Morgan fingerprint density at radius 3 is 2.20 bits per heavy atom. The zero-order valence-corrected chi connectivity index (χ0v) is 14.5. The first-order valence-electron chi connectivity index (χ1n) is 7.42. The molecule has 9 heteroatoms. The van der Waals surface area contributed by atoms with Crippen LogP contribution in [0.5, 0.6) is 17.2 Å². The van der Waals surface area contributed by atoms with Crippen LogP contribution in [0.3, 0.4) is 0 Å². The summed E-state index contributed by atoms with van der Waals surface area (Å²) < 4.78 is 22.6. The third-order valence-electron chi connectivity index (χ3n) is 3.81. The second kappa shape index (κ2) is 6.34. The van der Waals surface area contributed by atoms with Crippen LogP contribution in [-0.4, -0.2) is 41.3 Å². The normalized spacial score (nSPS) is 10.8. The highest BCUT2D eigenvalue weighted by Gasteiger charge is 2.22. The molecule has 0 unspecified atom stereocenters. The van der Waals surface area contributed by atoms with Crippen LogP contribution >= 0.6 is 0 Å². The van der Waals surface area contributed by atoms with Crippen LogP contribution in [0, 0.1) is 13.8 Å². The largest absolute Gasteiger partial charge is 0.493 e. The molecule has 25 heavy (non-hydrogen) atoms. The molecule has 0 radical (unpaired) electrons. The topological polar surface area (TPSA) is 104 Å². The van der Waals surface area contributed by atoms with Crippen LogP contribution in [0.2, 0.25) is 0 Å². The quantitative estimate of drug-likeness (QED) is 0.752. The number of aromatic amines is 1. The predicted molar refractivity (Wildman–Crippen MR) is 88.8 cm³/mol. The Morgan fingerprint density at radius 2 is 1.72 bits per heavy atom. The molecule has 1 N–H and O–H groups in total. The summed E-state index contributed by atoms with van der Waals surface area (Å²) in [7, 11) is 4.56. The summed E-state index contributed by atoms with van der Waals surface area (Å²) in [5, 5.41) is 10.5. The van der Waals surface area contributed by atoms with Crippen molar-refractivity contribution in [1.82, 2.24) is 19.9 Å². The minimum Gasteiger partial charge on any atom is -0.493 e. The summed E-state index contributed by atoms with van der Waals surface area (Å²) in [5.41, 5.74) is 1.32. The lowest BCUT2D eigenvalue weighted by atomic mass is 10.1. The fraction of sp³-hybridized carbons (Fsp3) is 0.312. The number of benzene rings is 1. The number of nitrogens with one attached hydrogen (secondary N) is 1. The van der Waals surface area contributed by atoms with Crippen LogP contribution in [0.15, 0.2) is 21.5 Å². The van der Waals surface area contributed by atoms with Crippen molar-refractivity contribution >= 4 is 0 Å². The predicted octanol–water partition coefficient (Wildman–Crippen LogP) is 1.86. The zero-order valence-electron chi connectivity index (χ0n) is 14.5. The number of aromatic nitrogens is 4. The average molecular weight is 346 g/mol. The number of rotatable bonds is 5. The molecule has 0 saturated heterocycles. The van der Waals surface area contributed by atoms with Crippen molar-refractivity contribution < 1.29 is 18.7 Å². The maximum Gasteiger partial charge on any atom is 0.348 e. The van der Waals surface area contributed by atoms with Gasteiger partial charge in [0.2, 0.25) is 5.75 Å². The smallest absolute Gasteiger partial charge is 0.348 e. The first kappa shape index (κ1) is 16.6. The Morgan fingerprint density at radius 1 is 1.08 bits per heavy atom. The van der Waals surface area contributed by atoms with Gasteiger partial charge in [0.1, 0.15) is 11.4 Å². The molecule has 0 bridgehead atoms. The Hall–Kier alpha value is -3.23. The number of nitrogens with zero attached hydrogens (tertiary/aromatic N) is 3. The molecule has 0 aliphatic heterocycles. The molecule has 0 fully saturated rings. The molecule has 2 heterocycles. The Kier molecular flexibility index (Phi) is 4.22. The van der Waals surface area contributed by atoms with Crippen molar-refractivity contribution in [2.75, 3.05) is 21.3 Å². The highest BCUT2D eigenvalue weighted by molar-refractivity contribution is 5.68. The number of H-pyrrole nitrogens is 1. The van der Waals surface area contributed by atoms with Gasteiger partial charge in [-0.3, -0.25) is 0 Å². The van der Waals surface area contributed by atoms with Crippen LogP contribution in [-0.2, 0) is 0 Å². The van der Waals surface area contributed by atoms with Crippen molar-refractivity contribution in [1.29, 1.82) is 0 Å². The number of aryl methyl sites for hydroxylation is 2. The van der Waals surface area contributed by atoms with Gasteiger partial charge in [0.15, 0.2) is 23.1 Å². The van der Waals surface area contributed by atoms with E-state index in [0.717, 1.165) is 0 Å². The van der Waals surface area contributed by atoms with Gasteiger partial charge in [-0.25, -0.2) is 14.5 Å². The Labute approximate surface area is 143 Å². The lowest BCUT2D eigenvalue weighted by Gasteiger charge is -2.14. The monoisotopic (exact) mass is 346 g/mol. The first-order chi connectivity index (χ1) is 12.0. The zero-order chi connectivity index (χ0) is 18.1. The third kappa shape index (κ3) is 2.63. The van der Waals surface area contributed by atoms with E-state index in [1.165, 1.54) is 25.9 Å². The summed E-state index contributed by atoms with van der Waals surface area (Å²) in [5.74, 6) is 2.25. The van der Waals surface area contributed by atoms with Crippen LogP contribution in [0.1, 0.15) is 11.5 Å². The molecule has 0 amide bonds. The third-order valence-corrected chi connectivity index (χ3v) is 3.81. The molecule has 3 rings (SSSR count). The second-order valence-corrected chi connectivity index (χ2v) is 5.27. The Bertz CT molecular complexity index is 925. The summed E-state index contributed by atoms with van der Waals surface area (Å²) in [6, 6.07) is 3.43. The van der Waals surface area contributed by atoms with E-state index in [0.29, 0.717) is 45.8 Å². The van der Waals surface area contributed by atoms with Gasteiger partial charge in [0, 0.05) is 5.56 Å². The molecule has 0 aliphatic rings. The molecule has 1 aromatic carbocycles. The van der Waals surface area contributed by atoms with Gasteiger partial charge in [0.25, 0.3) is 0 Å². The molecule has 0 atom stereocenters. The van der Waals surface area contributed by atoms with Gasteiger partial charge in [-0.15, -0.1) is 0 Å². The number of hydrogen-bond donors (Lipinski definition) is 1. The van der Waals surface area contributed by atoms with E-state index in [4.69, 9.17) is 18.7 Å². The van der Waals surface area contributed by atoms with E-state index in [9.17, 15) is 4.79 Å². The lowest BCUT2D eigenvalue weighted by molar-refractivity contribution is 0.324. The maximum absolute atomic E-state index is 12.3. The summed E-state index contributed by atoms with van der Waals surface area (Å²) in [4.78, 5) is 12.3. The van der Waals surface area contributed by atoms with Gasteiger partial charge in [-0.05, 0) is 26.0 Å². The molecular formula is C16H18N4O5. The van der Waals surface area contributed by atoms with E-state index in [1.54, 1.807) is 26.0 Å². The molecule has 132 valence electrons. The van der Waals surface area contributed by atoms with Crippen molar-refractivity contribution in [2.24, 2.45) is 0 Å². The first-order valence-corrected chi connectivity index (χ1v) is 7.42. The lowest BCUT2D eigenvalue weighted by Crippen LogP contribution is -2.17. The fourth-order valence-electron chi connectivity index (χ4n) is 2.71. The van der Waals surface area contributed by atoms with Crippen molar-refractivity contribution in [3.05, 3.63) is 34.1 Å². The number of hydrogen-bond acceptors (Lipinski definition) is 7. The van der Waals surface area contributed by atoms with Crippen LogP contribution in [0.4, 0.5) is 0 Å². The second-order valence-electron chi connectivity index (χ2n) is 5.27. The minimum atomic E-state index is -0.404. The van der Waals surface area contributed by atoms with Crippen molar-refractivity contribution in [2.45, 2.75) is 13.8 Å². The maximum atomic E-state index is 12.3. The van der Waals surface area contributed by atoms with Gasteiger partial charge < -0.3 is 18.7 Å². The van der Waals surface area contributed by atoms with E-state index in [1.807, 2.05) is 0 Å². The number of ether oxygens (including phenoxy) is 3. The minimum absolute atomic E-state index is 0.374. The molecule has 0 saturated carbocycles. The Balaban J connectivity index is 2.28. The van der Waals surface area contributed by atoms with Crippen LogP contribution in [0.25, 0.3) is 17.1 Å². The summed E-state index contributed by atoms with van der Waals surface area (Å²) >= 11 is 0. The molecular weight excluding hydrogens is 328 g/mol. The summed E-state index contributed by atoms with van der Waals surface area (Å²) in [6.07, 6.45) is 0. The highest BCUT2D eigenvalue weighted by Crippen LogP contribution is 2.41. The molecule has 2 aromatic heterocycles. The van der Waals surface area contributed by atoms with E-state index in [-0.39, 0.29) is 0 Å².